The summed E-state index contributed by atoms with van der Waals surface area (Å²) >= 11 is 5.79. The minimum atomic E-state index is 0.254. The van der Waals surface area contributed by atoms with Gasteiger partial charge < -0.3 is 5.73 Å². The lowest BCUT2D eigenvalue weighted by Gasteiger charge is -2.01. The van der Waals surface area contributed by atoms with Crippen molar-refractivity contribution < 1.29 is 0 Å². The Bertz CT molecular complexity index is 1020. The van der Waals surface area contributed by atoms with Crippen LogP contribution in [-0.2, 0) is 6.54 Å². The number of alkyl halides is 1. The second-order valence-electron chi connectivity index (χ2n) is 5.07. The first-order valence-electron chi connectivity index (χ1n) is 7.05. The van der Waals surface area contributed by atoms with Gasteiger partial charge in [-0.05, 0) is 19.1 Å². The van der Waals surface area contributed by atoms with Crippen LogP contribution >= 0.6 is 11.6 Å². The van der Waals surface area contributed by atoms with Gasteiger partial charge in [0.2, 0.25) is 5.95 Å². The first kappa shape index (κ1) is 13.9. The molecule has 4 heterocycles. The maximum Gasteiger partial charge on any atom is 0.225 e. The van der Waals surface area contributed by atoms with Crippen LogP contribution in [0.25, 0.3) is 28.1 Å². The molecule has 0 aliphatic carbocycles. The first-order valence-corrected chi connectivity index (χ1v) is 7.58. The molecule has 0 aromatic carbocycles. The van der Waals surface area contributed by atoms with Crippen LogP contribution in [0.3, 0.4) is 0 Å². The van der Waals surface area contributed by atoms with E-state index < -0.39 is 0 Å². The fourth-order valence-corrected chi connectivity index (χ4v) is 2.70. The van der Waals surface area contributed by atoms with Crippen LogP contribution in [0.1, 0.15) is 5.69 Å². The lowest BCUT2D eigenvalue weighted by molar-refractivity contribution is 0.680. The van der Waals surface area contributed by atoms with Crippen molar-refractivity contribution in [3.63, 3.8) is 0 Å². The molecule has 0 fully saturated rings. The number of nitrogen functional groups attached to an aromatic ring is 1. The van der Waals surface area contributed by atoms with Crippen LogP contribution in [0, 0.1) is 6.92 Å². The van der Waals surface area contributed by atoms with Crippen LogP contribution < -0.4 is 5.73 Å². The van der Waals surface area contributed by atoms with Gasteiger partial charge in [-0.1, -0.05) is 0 Å². The molecule has 4 aromatic heterocycles. The average Bonchev–Trinajstić information content (AvgIpc) is 3.13. The van der Waals surface area contributed by atoms with E-state index in [0.717, 1.165) is 16.6 Å². The van der Waals surface area contributed by atoms with E-state index in [1.54, 1.807) is 17.1 Å². The van der Waals surface area contributed by atoms with Crippen molar-refractivity contribution in [3.05, 3.63) is 30.2 Å². The fraction of sp³-hybridized carbons (Fsp3) is 0.214. The molecular weight excluding hydrogens is 316 g/mol. The van der Waals surface area contributed by atoms with Crippen LogP contribution in [0.15, 0.2) is 24.5 Å². The molecule has 23 heavy (non-hydrogen) atoms. The summed E-state index contributed by atoms with van der Waals surface area (Å²) in [5.41, 5.74) is 9.01. The van der Waals surface area contributed by atoms with Crippen molar-refractivity contribution in [2.45, 2.75) is 13.5 Å². The van der Waals surface area contributed by atoms with E-state index in [0.29, 0.717) is 29.5 Å². The van der Waals surface area contributed by atoms with Gasteiger partial charge in [0.05, 0.1) is 18.1 Å². The third-order valence-electron chi connectivity index (χ3n) is 3.64. The molecule has 2 N–H and O–H groups in total. The summed E-state index contributed by atoms with van der Waals surface area (Å²) in [6, 6.07) is 3.78. The van der Waals surface area contributed by atoms with Gasteiger partial charge in [-0.3, -0.25) is 4.98 Å². The molecule has 0 saturated carbocycles. The maximum atomic E-state index is 6.04. The van der Waals surface area contributed by atoms with Crippen molar-refractivity contribution in [2.75, 3.05) is 11.6 Å². The quantitative estimate of drug-likeness (QED) is 0.574. The highest BCUT2D eigenvalue weighted by Crippen LogP contribution is 2.24. The Morgan fingerprint density at radius 2 is 2.13 bits per heavy atom. The zero-order valence-corrected chi connectivity index (χ0v) is 13.1. The summed E-state index contributed by atoms with van der Waals surface area (Å²) in [6.07, 6.45) is 3.44. The van der Waals surface area contributed by atoms with Crippen molar-refractivity contribution in [1.29, 1.82) is 0 Å². The van der Waals surface area contributed by atoms with Crippen molar-refractivity contribution in [3.8, 4) is 11.4 Å². The molecule has 116 valence electrons. The highest BCUT2D eigenvalue weighted by Gasteiger charge is 2.17. The van der Waals surface area contributed by atoms with E-state index in [9.17, 15) is 0 Å². The van der Waals surface area contributed by atoms with Gasteiger partial charge in [0.1, 0.15) is 0 Å². The zero-order valence-electron chi connectivity index (χ0n) is 12.3. The van der Waals surface area contributed by atoms with E-state index in [1.807, 2.05) is 19.1 Å². The molecule has 0 aliphatic heterocycles. The third kappa shape index (κ3) is 2.10. The number of halogens is 1. The normalized spacial score (nSPS) is 11.6. The van der Waals surface area contributed by atoms with E-state index in [-0.39, 0.29) is 5.95 Å². The molecule has 0 atom stereocenters. The number of hydrogen-bond donors (Lipinski definition) is 1. The number of anilines is 1. The fourth-order valence-electron chi connectivity index (χ4n) is 2.53. The zero-order chi connectivity index (χ0) is 16.0. The number of nitrogens with two attached hydrogens (primary N) is 1. The van der Waals surface area contributed by atoms with Crippen LogP contribution in [0.5, 0.6) is 0 Å². The predicted octanol–water partition coefficient (Wildman–Crippen LogP) is 1.67. The first-order chi connectivity index (χ1) is 11.2. The lowest BCUT2D eigenvalue weighted by atomic mass is 10.2. The number of hydrogen-bond acceptors (Lipinski definition) is 6. The average molecular weight is 329 g/mol. The van der Waals surface area contributed by atoms with Crippen LogP contribution in [0.2, 0.25) is 0 Å². The van der Waals surface area contributed by atoms with Gasteiger partial charge in [-0.15, -0.1) is 16.7 Å². The summed E-state index contributed by atoms with van der Waals surface area (Å²) in [5, 5.41) is 9.54. The summed E-state index contributed by atoms with van der Waals surface area (Å²) < 4.78 is 3.24. The number of nitrogens with zero attached hydrogens (tertiary/aromatic N) is 7. The largest absolute Gasteiger partial charge is 0.368 e. The number of pyridine rings is 1. The van der Waals surface area contributed by atoms with Crippen molar-refractivity contribution in [1.82, 2.24) is 34.3 Å². The maximum absolute atomic E-state index is 6.04. The van der Waals surface area contributed by atoms with Gasteiger partial charge in [-0.25, -0.2) is 9.67 Å². The highest BCUT2D eigenvalue weighted by atomic mass is 35.5. The molecule has 0 saturated heterocycles. The monoisotopic (exact) mass is 328 g/mol. The van der Waals surface area contributed by atoms with Gasteiger partial charge in [0.25, 0.3) is 0 Å². The Morgan fingerprint density at radius 1 is 1.26 bits per heavy atom. The standard InChI is InChI=1S/C14H13ClN8/c1-8-9(3-2-5-17-8)11-19-13-10-7-18-22(6-4-15)12(10)20-14(16)23(13)21-11/h2-3,5,7H,4,6H2,1H3,(H2,16,20). The molecule has 0 aliphatic rings. The number of rotatable bonds is 3. The third-order valence-corrected chi connectivity index (χ3v) is 3.81. The molecule has 0 bridgehead atoms. The number of aryl methyl sites for hydroxylation is 2. The second-order valence-corrected chi connectivity index (χ2v) is 5.45. The molecule has 4 rings (SSSR count). The van der Waals surface area contributed by atoms with E-state index in [1.165, 1.54) is 4.52 Å². The van der Waals surface area contributed by atoms with Crippen molar-refractivity contribution >= 4 is 34.2 Å². The topological polar surface area (TPSA) is 99.8 Å². The Labute approximate surface area is 135 Å². The minimum absolute atomic E-state index is 0.254. The van der Waals surface area contributed by atoms with Gasteiger partial charge >= 0.3 is 0 Å². The highest BCUT2D eigenvalue weighted by molar-refractivity contribution is 6.17. The summed E-state index contributed by atoms with van der Waals surface area (Å²) in [7, 11) is 0. The minimum Gasteiger partial charge on any atom is -0.368 e. The lowest BCUT2D eigenvalue weighted by Crippen LogP contribution is -2.06. The SMILES string of the molecule is Cc1ncccc1-c1nc2c3cnn(CCCl)c3nc(N)n2n1. The Morgan fingerprint density at radius 3 is 2.91 bits per heavy atom. The predicted molar refractivity (Wildman–Crippen MR) is 87.2 cm³/mol. The van der Waals surface area contributed by atoms with Crippen LogP contribution in [-0.4, -0.2) is 40.2 Å². The molecule has 0 spiro atoms. The summed E-state index contributed by atoms with van der Waals surface area (Å²) in [4.78, 5) is 13.3. The molecule has 0 radical (unpaired) electrons. The second kappa shape index (κ2) is 5.17. The Hall–Kier alpha value is -2.74. The molecule has 0 unspecified atom stereocenters. The molecule has 0 amide bonds. The molecule has 9 heteroatoms. The van der Waals surface area contributed by atoms with E-state index in [2.05, 4.69) is 25.1 Å². The van der Waals surface area contributed by atoms with E-state index in [4.69, 9.17) is 17.3 Å². The van der Waals surface area contributed by atoms with Gasteiger partial charge in [0, 0.05) is 23.3 Å². The number of fused-ring (bicyclic) bond motifs is 3. The van der Waals surface area contributed by atoms with Gasteiger partial charge in [0.15, 0.2) is 17.1 Å². The summed E-state index contributed by atoms with van der Waals surface area (Å²) in [6.45, 7) is 2.47. The summed E-state index contributed by atoms with van der Waals surface area (Å²) in [5.74, 6) is 1.25. The Balaban J connectivity index is 2.00. The number of aromatic nitrogens is 7. The smallest absolute Gasteiger partial charge is 0.225 e. The molecular formula is C14H13ClN8. The van der Waals surface area contributed by atoms with Crippen LogP contribution in [0.4, 0.5) is 5.95 Å². The van der Waals surface area contributed by atoms with E-state index >= 15 is 0 Å². The molecule has 4 aromatic rings. The van der Waals surface area contributed by atoms with Crippen molar-refractivity contribution in [2.24, 2.45) is 0 Å². The molecule has 8 nitrogen and oxygen atoms in total. The van der Waals surface area contributed by atoms with Gasteiger partial charge in [-0.2, -0.15) is 14.6 Å². The Kier molecular flexibility index (Phi) is 3.12.